The number of rotatable bonds is 18. The van der Waals surface area contributed by atoms with Crippen molar-refractivity contribution in [1.29, 1.82) is 0 Å². The lowest BCUT2D eigenvalue weighted by molar-refractivity contribution is 0.482. The maximum absolute atomic E-state index is 15.4. The van der Waals surface area contributed by atoms with E-state index in [1.54, 1.807) is 36.4 Å². The summed E-state index contributed by atoms with van der Waals surface area (Å²) in [5, 5.41) is 1.82. The van der Waals surface area contributed by atoms with Crippen LogP contribution in [0.5, 0.6) is 23.0 Å². The molecule has 0 amide bonds. The van der Waals surface area contributed by atoms with E-state index in [4.69, 9.17) is 13.9 Å². The second kappa shape index (κ2) is 28.5. The predicted molar refractivity (Wildman–Crippen MR) is 461 cm³/mol. The van der Waals surface area contributed by atoms with Crippen LogP contribution < -0.4 is 19.3 Å². The van der Waals surface area contributed by atoms with Crippen molar-refractivity contribution in [1.82, 2.24) is 0 Å². The number of aryl methyl sites for hydroxylation is 4. The Balaban J connectivity index is 0.778. The molecule has 19 rings (SSSR count). The number of ether oxygens (including phenoxy) is 2. The van der Waals surface area contributed by atoms with Crippen LogP contribution in [-0.2, 0) is 10.8 Å². The highest BCUT2D eigenvalue weighted by Gasteiger charge is 2.48. The lowest BCUT2D eigenvalue weighted by atomic mass is 9.67. The molecule has 554 valence electrons. The third-order valence-corrected chi connectivity index (χ3v) is 23.2. The molecule has 16 aromatic carbocycles. The second-order valence-corrected chi connectivity index (χ2v) is 29.9. The average Bonchev–Trinajstić information content (AvgIpc) is 1.53. The van der Waals surface area contributed by atoms with Crippen LogP contribution in [-0.4, -0.2) is 0 Å². The minimum Gasteiger partial charge on any atom is -0.457 e. The van der Waals surface area contributed by atoms with E-state index in [1.165, 1.54) is 24.3 Å². The van der Waals surface area contributed by atoms with Gasteiger partial charge in [-0.15, -0.1) is 0 Å². The lowest BCUT2D eigenvalue weighted by Gasteiger charge is -2.35. The van der Waals surface area contributed by atoms with E-state index < -0.39 is 10.8 Å². The van der Waals surface area contributed by atoms with Gasteiger partial charge in [-0.3, -0.25) is 0 Å². The Morgan fingerprint density at radius 2 is 0.591 bits per heavy atom. The van der Waals surface area contributed by atoms with Gasteiger partial charge in [0.05, 0.1) is 10.8 Å². The van der Waals surface area contributed by atoms with E-state index in [2.05, 4.69) is 221 Å². The molecule has 2 aliphatic carbocycles. The lowest BCUT2D eigenvalue weighted by Crippen LogP contribution is -2.29. The van der Waals surface area contributed by atoms with Gasteiger partial charge in [-0.05, 0) is 320 Å². The molecule has 0 saturated heterocycles. The molecular weight excluding hydrogens is 1430 g/mol. The first-order valence-corrected chi connectivity index (χ1v) is 38.5. The summed E-state index contributed by atoms with van der Waals surface area (Å²) in [6.07, 6.45) is 3.61. The highest BCUT2D eigenvalue weighted by atomic mass is 19.1. The Morgan fingerprint density at radius 3 is 0.948 bits per heavy atom. The fourth-order valence-corrected chi connectivity index (χ4v) is 17.8. The molecule has 0 saturated carbocycles. The van der Waals surface area contributed by atoms with E-state index in [1.807, 2.05) is 121 Å². The Hall–Kier alpha value is -14.3. The summed E-state index contributed by atoms with van der Waals surface area (Å²) in [6.45, 7) is 16.3. The normalized spacial score (nSPS) is 14.4. The first-order valence-electron chi connectivity index (χ1n) is 38.5. The van der Waals surface area contributed by atoms with Gasteiger partial charge in [0.25, 0.3) is 0 Å². The number of halogens is 4. The third-order valence-electron chi connectivity index (χ3n) is 23.2. The number of benzene rings is 16. The highest BCUT2D eigenvalue weighted by molar-refractivity contribution is 6.08. The van der Waals surface area contributed by atoms with E-state index in [0.29, 0.717) is 34.2 Å². The summed E-state index contributed by atoms with van der Waals surface area (Å²) in [6, 6.07) is 111. The van der Waals surface area contributed by atoms with Crippen LogP contribution in [0.15, 0.2) is 357 Å². The largest absolute Gasteiger partial charge is 0.457 e. The molecule has 0 radical (unpaired) electrons. The van der Waals surface area contributed by atoms with Crippen LogP contribution in [0.3, 0.4) is 0 Å². The zero-order valence-electron chi connectivity index (χ0n) is 63.5. The standard InChI is InChI=1S/C106H74F4N2O3/c1-7-69-17-45-85(46-18-69)113-87-49-29-75(30-50-87)105(73-25-37-79(109)38-26-73)97-15-11-9-13-89(97)91-53-41-81(61-99(91)105)111(101-59-65(3)95(57-67(101)5)71-21-33-77(107)34-22-71)83-43-55-93-94-56-44-84(64-104(94)115-103(93)63-83)112(102-60-66(4)96(58-68(102)6)72-23-35-78(108)36-24-72)82-42-54-92-90-14-10-12-16-98(90)106(100(92)62-82,74-27-39-80(110)40-28-74)76-31-51-88(52-32-76)114-86-47-19-70(8-2)20-48-86/h7-64H,1-2H2,3-6H3. The molecule has 0 N–H and O–H groups in total. The molecular formula is C106H74F4N2O3. The number of fused-ring (bicyclic) bond motifs is 9. The van der Waals surface area contributed by atoms with Gasteiger partial charge < -0.3 is 23.7 Å². The van der Waals surface area contributed by atoms with Crippen molar-refractivity contribution in [2.45, 2.75) is 38.5 Å². The van der Waals surface area contributed by atoms with Crippen molar-refractivity contribution >= 4 is 68.2 Å². The zero-order chi connectivity index (χ0) is 78.4. The first-order chi connectivity index (χ1) is 56.1. The minimum atomic E-state index is -0.947. The minimum absolute atomic E-state index is 0.307. The Labute approximate surface area is 665 Å². The second-order valence-electron chi connectivity index (χ2n) is 29.9. The molecule has 9 heteroatoms. The van der Waals surface area contributed by atoms with Gasteiger partial charge in [-0.1, -0.05) is 183 Å². The van der Waals surface area contributed by atoms with E-state index in [-0.39, 0.29) is 23.3 Å². The summed E-state index contributed by atoms with van der Waals surface area (Å²) in [4.78, 5) is 4.60. The molecule has 0 aliphatic heterocycles. The van der Waals surface area contributed by atoms with Crippen molar-refractivity contribution in [3.05, 3.63) is 454 Å². The zero-order valence-corrected chi connectivity index (χ0v) is 63.5. The van der Waals surface area contributed by atoms with Gasteiger partial charge in [0, 0.05) is 57.0 Å². The number of anilines is 6. The molecule has 2 atom stereocenters. The van der Waals surface area contributed by atoms with Crippen LogP contribution in [0, 0.1) is 51.0 Å². The smallest absolute Gasteiger partial charge is 0.137 e. The van der Waals surface area contributed by atoms with Crippen LogP contribution in [0.1, 0.15) is 77.9 Å². The van der Waals surface area contributed by atoms with Gasteiger partial charge in [0.2, 0.25) is 0 Å². The van der Waals surface area contributed by atoms with Crippen molar-refractivity contribution in [2.24, 2.45) is 0 Å². The molecule has 0 bridgehead atoms. The molecule has 5 nitrogen and oxygen atoms in total. The number of hydrogen-bond acceptors (Lipinski definition) is 5. The summed E-state index contributed by atoms with van der Waals surface area (Å²) in [7, 11) is 0. The number of nitrogens with zero attached hydrogens (tertiary/aromatic N) is 2. The topological polar surface area (TPSA) is 38.1 Å². The SMILES string of the molecule is C=Cc1ccc(Oc2ccc(C3(c4ccc(F)cc4)c4ccccc4-c4ccc(N(c5ccc6c(c5)oc5cc(N(c7ccc8c(c7)C(c7ccc(F)cc7)(c7ccc(Oc9ccc(C=C)cc9)cc7)c7ccccc7-8)c7cc(C)c(-c8ccc(F)cc8)cc7C)ccc56)c5cc(C)c(-c6ccc(F)cc6)cc5C)cc43)cc2)cc1. The van der Waals surface area contributed by atoms with Crippen molar-refractivity contribution < 1.29 is 31.5 Å². The quantitative estimate of drug-likeness (QED) is 0.0801. The van der Waals surface area contributed by atoms with Crippen molar-refractivity contribution in [3.63, 3.8) is 0 Å². The Morgan fingerprint density at radius 1 is 0.287 bits per heavy atom. The Kier molecular flexibility index (Phi) is 17.6. The van der Waals surface area contributed by atoms with E-state index >= 15 is 8.78 Å². The van der Waals surface area contributed by atoms with Gasteiger partial charge >= 0.3 is 0 Å². The van der Waals surface area contributed by atoms with E-state index in [9.17, 15) is 8.78 Å². The number of hydrogen-bond donors (Lipinski definition) is 0. The van der Waals surface area contributed by atoms with Crippen LogP contribution in [0.4, 0.5) is 51.7 Å². The average molecular weight is 1500 g/mol. The fraction of sp³-hybridized carbons (Fsp3) is 0.0566. The fourth-order valence-electron chi connectivity index (χ4n) is 17.8. The molecule has 115 heavy (non-hydrogen) atoms. The first kappa shape index (κ1) is 71.1. The summed E-state index contributed by atoms with van der Waals surface area (Å²) >= 11 is 0. The molecule has 1 heterocycles. The van der Waals surface area contributed by atoms with Crippen LogP contribution in [0.2, 0.25) is 0 Å². The van der Waals surface area contributed by atoms with Crippen molar-refractivity contribution in [2.75, 3.05) is 9.80 Å². The van der Waals surface area contributed by atoms with Crippen LogP contribution in [0.25, 0.3) is 78.6 Å². The van der Waals surface area contributed by atoms with E-state index in [0.717, 1.165) is 167 Å². The molecule has 1 aromatic heterocycles. The van der Waals surface area contributed by atoms with Crippen molar-refractivity contribution in [3.8, 4) is 67.5 Å². The van der Waals surface area contributed by atoms with Gasteiger partial charge in [-0.2, -0.15) is 0 Å². The molecule has 17 aromatic rings. The maximum Gasteiger partial charge on any atom is 0.137 e. The van der Waals surface area contributed by atoms with Gasteiger partial charge in [0.15, 0.2) is 0 Å². The summed E-state index contributed by atoms with van der Waals surface area (Å²) in [5.41, 5.74) is 26.3. The highest BCUT2D eigenvalue weighted by Crippen LogP contribution is 2.60. The maximum atomic E-state index is 15.4. The summed E-state index contributed by atoms with van der Waals surface area (Å²) in [5.74, 6) is 1.42. The summed E-state index contributed by atoms with van der Waals surface area (Å²) < 4.78 is 80.3. The van der Waals surface area contributed by atoms with Crippen LogP contribution >= 0.6 is 0 Å². The molecule has 0 spiro atoms. The van der Waals surface area contributed by atoms with Gasteiger partial charge in [0.1, 0.15) is 57.4 Å². The third kappa shape index (κ3) is 12.2. The Bertz CT molecular complexity index is 6290. The molecule has 2 aliphatic rings. The molecule has 0 fully saturated rings. The number of furan rings is 1. The molecule has 2 unspecified atom stereocenters. The van der Waals surface area contributed by atoms with Gasteiger partial charge in [-0.25, -0.2) is 17.6 Å². The predicted octanol–water partition coefficient (Wildman–Crippen LogP) is 29.2. The monoisotopic (exact) mass is 1500 g/mol.